The Labute approximate surface area is 84.1 Å². The van der Waals surface area contributed by atoms with Crippen LogP contribution in [0.25, 0.3) is 0 Å². The summed E-state index contributed by atoms with van der Waals surface area (Å²) in [5.41, 5.74) is 2.24. The Balaban J connectivity index is 2.09. The van der Waals surface area contributed by atoms with E-state index in [1.54, 1.807) is 7.11 Å². The molecule has 0 unspecified atom stereocenters. The highest BCUT2D eigenvalue weighted by Gasteiger charge is 2.27. The van der Waals surface area contributed by atoms with E-state index < -0.39 is 0 Å². The summed E-state index contributed by atoms with van der Waals surface area (Å²) in [6.45, 7) is 4.99. The molecular weight excluding hydrogens is 178 g/mol. The number of methoxy groups -OCH3 is 1. The van der Waals surface area contributed by atoms with Gasteiger partial charge in [-0.15, -0.1) is 0 Å². The van der Waals surface area contributed by atoms with Crippen molar-refractivity contribution in [3.05, 3.63) is 17.2 Å². The van der Waals surface area contributed by atoms with Crippen molar-refractivity contribution in [2.75, 3.05) is 13.7 Å². The molecule has 4 nitrogen and oxygen atoms in total. The molecule has 1 aromatic heterocycles. The zero-order valence-electron chi connectivity index (χ0n) is 8.92. The van der Waals surface area contributed by atoms with Crippen molar-refractivity contribution >= 4 is 0 Å². The van der Waals surface area contributed by atoms with Gasteiger partial charge < -0.3 is 15.0 Å². The van der Waals surface area contributed by atoms with Crippen LogP contribution < -0.4 is 5.32 Å². The van der Waals surface area contributed by atoms with Crippen LogP contribution in [0.4, 0.5) is 0 Å². The Kier molecular flexibility index (Phi) is 2.56. The van der Waals surface area contributed by atoms with Crippen LogP contribution in [0.3, 0.4) is 0 Å². The van der Waals surface area contributed by atoms with E-state index in [9.17, 15) is 0 Å². The fourth-order valence-corrected chi connectivity index (χ4v) is 1.83. The van der Waals surface area contributed by atoms with Gasteiger partial charge in [-0.05, 0) is 20.3 Å². The van der Waals surface area contributed by atoms with Crippen LogP contribution in [0.2, 0.25) is 0 Å². The Bertz CT molecular complexity index is 302. The van der Waals surface area contributed by atoms with Crippen molar-refractivity contribution in [3.8, 4) is 0 Å². The van der Waals surface area contributed by atoms with Crippen molar-refractivity contribution in [1.29, 1.82) is 0 Å². The molecule has 1 aliphatic heterocycles. The van der Waals surface area contributed by atoms with Crippen molar-refractivity contribution < 1.29 is 4.74 Å². The fourth-order valence-electron chi connectivity index (χ4n) is 1.83. The summed E-state index contributed by atoms with van der Waals surface area (Å²) in [5, 5.41) is 3.40. The molecule has 1 saturated heterocycles. The van der Waals surface area contributed by atoms with E-state index >= 15 is 0 Å². The van der Waals surface area contributed by atoms with Crippen LogP contribution in [-0.4, -0.2) is 29.7 Å². The molecule has 0 spiro atoms. The third kappa shape index (κ3) is 1.67. The molecule has 2 rings (SSSR count). The molecule has 2 atom stereocenters. The normalized spacial score (nSPS) is 27.1. The van der Waals surface area contributed by atoms with Crippen LogP contribution in [0.5, 0.6) is 0 Å². The third-order valence-corrected chi connectivity index (χ3v) is 2.90. The third-order valence-electron chi connectivity index (χ3n) is 2.90. The maximum atomic E-state index is 5.30. The minimum absolute atomic E-state index is 0.325. The maximum Gasteiger partial charge on any atom is 0.123 e. The average Bonchev–Trinajstić information content (AvgIpc) is 2.74. The minimum Gasteiger partial charge on any atom is -0.380 e. The number of nitrogens with one attached hydrogen (secondary N) is 2. The van der Waals surface area contributed by atoms with Gasteiger partial charge in [-0.25, -0.2) is 4.98 Å². The lowest BCUT2D eigenvalue weighted by Gasteiger charge is -2.06. The molecule has 2 N–H and O–H groups in total. The monoisotopic (exact) mass is 195 g/mol. The van der Waals surface area contributed by atoms with Crippen LogP contribution >= 0.6 is 0 Å². The summed E-state index contributed by atoms with van der Waals surface area (Å²) in [5.74, 6) is 1.04. The Morgan fingerprint density at radius 1 is 1.43 bits per heavy atom. The van der Waals surface area contributed by atoms with Crippen LogP contribution in [0, 0.1) is 13.8 Å². The highest BCUT2D eigenvalue weighted by molar-refractivity contribution is 5.14. The first kappa shape index (κ1) is 9.68. The van der Waals surface area contributed by atoms with Crippen molar-refractivity contribution in [2.24, 2.45) is 0 Å². The number of aromatic nitrogens is 2. The van der Waals surface area contributed by atoms with Crippen LogP contribution in [0.1, 0.15) is 29.7 Å². The fraction of sp³-hybridized carbons (Fsp3) is 0.700. The molecular formula is C10H17N3O. The predicted molar refractivity (Wildman–Crippen MR) is 54.2 cm³/mol. The second kappa shape index (κ2) is 3.71. The molecule has 0 amide bonds. The highest BCUT2D eigenvalue weighted by atomic mass is 16.5. The molecule has 78 valence electrons. The number of nitrogens with zero attached hydrogens (tertiary/aromatic N) is 1. The highest BCUT2D eigenvalue weighted by Crippen LogP contribution is 2.23. The zero-order valence-corrected chi connectivity index (χ0v) is 8.92. The number of hydrogen-bond acceptors (Lipinski definition) is 3. The molecule has 1 aromatic rings. The van der Waals surface area contributed by atoms with Gasteiger partial charge in [-0.3, -0.25) is 0 Å². The first-order chi connectivity index (χ1) is 6.70. The van der Waals surface area contributed by atoms with Crippen molar-refractivity contribution in [3.63, 3.8) is 0 Å². The number of aryl methyl sites for hydroxylation is 2. The first-order valence-corrected chi connectivity index (χ1v) is 5.00. The maximum absolute atomic E-state index is 5.30. The summed E-state index contributed by atoms with van der Waals surface area (Å²) in [6, 6.07) is 0.326. The molecule has 1 aliphatic rings. The summed E-state index contributed by atoms with van der Waals surface area (Å²) >= 11 is 0. The molecule has 14 heavy (non-hydrogen) atoms. The van der Waals surface area contributed by atoms with E-state index in [4.69, 9.17) is 4.74 Å². The lowest BCUT2D eigenvalue weighted by molar-refractivity contribution is 0.117. The van der Waals surface area contributed by atoms with E-state index in [1.165, 1.54) is 0 Å². The van der Waals surface area contributed by atoms with Gasteiger partial charge in [0.05, 0.1) is 17.8 Å². The topological polar surface area (TPSA) is 49.9 Å². The number of H-pyrrole nitrogens is 1. The Hall–Kier alpha value is -0.870. The van der Waals surface area contributed by atoms with Crippen molar-refractivity contribution in [2.45, 2.75) is 32.4 Å². The summed E-state index contributed by atoms with van der Waals surface area (Å²) in [4.78, 5) is 7.79. The molecule has 2 heterocycles. The largest absolute Gasteiger partial charge is 0.380 e. The molecule has 1 fully saturated rings. The minimum atomic E-state index is 0.325. The van der Waals surface area contributed by atoms with E-state index in [0.29, 0.717) is 12.1 Å². The van der Waals surface area contributed by atoms with E-state index in [-0.39, 0.29) is 0 Å². The smallest absolute Gasteiger partial charge is 0.123 e. The Morgan fingerprint density at radius 2 is 2.21 bits per heavy atom. The van der Waals surface area contributed by atoms with Gasteiger partial charge in [-0.1, -0.05) is 0 Å². The molecule has 0 bridgehead atoms. The number of hydrogen-bond donors (Lipinski definition) is 2. The van der Waals surface area contributed by atoms with Crippen LogP contribution in [0.15, 0.2) is 0 Å². The molecule has 4 heteroatoms. The van der Waals surface area contributed by atoms with E-state index in [0.717, 1.165) is 30.2 Å². The van der Waals surface area contributed by atoms with Crippen molar-refractivity contribution in [1.82, 2.24) is 15.3 Å². The van der Waals surface area contributed by atoms with Gasteiger partial charge in [0.1, 0.15) is 5.82 Å². The Morgan fingerprint density at radius 3 is 2.71 bits per heavy atom. The first-order valence-electron chi connectivity index (χ1n) is 5.00. The van der Waals surface area contributed by atoms with Gasteiger partial charge in [-0.2, -0.15) is 0 Å². The number of ether oxygens (including phenoxy) is 1. The number of rotatable bonds is 2. The quantitative estimate of drug-likeness (QED) is 0.742. The summed E-state index contributed by atoms with van der Waals surface area (Å²) < 4.78 is 5.30. The predicted octanol–water partition coefficient (Wildman–Crippen LogP) is 1.08. The average molecular weight is 195 g/mol. The molecule has 0 aliphatic carbocycles. The lowest BCUT2D eigenvalue weighted by atomic mass is 10.2. The molecule has 0 radical (unpaired) electrons. The van der Waals surface area contributed by atoms with Gasteiger partial charge >= 0.3 is 0 Å². The van der Waals surface area contributed by atoms with Gasteiger partial charge in [0.2, 0.25) is 0 Å². The second-order valence-electron chi connectivity index (χ2n) is 3.89. The van der Waals surface area contributed by atoms with Gasteiger partial charge in [0, 0.05) is 19.3 Å². The van der Waals surface area contributed by atoms with Crippen LogP contribution in [-0.2, 0) is 4.74 Å². The van der Waals surface area contributed by atoms with Gasteiger partial charge in [0.25, 0.3) is 0 Å². The SMILES string of the molecule is CO[C@H]1CN[C@H](c2nc(C)c(C)[nH]2)C1. The lowest BCUT2D eigenvalue weighted by Crippen LogP contribution is -2.16. The van der Waals surface area contributed by atoms with E-state index in [1.807, 2.05) is 6.92 Å². The summed E-state index contributed by atoms with van der Waals surface area (Å²) in [7, 11) is 1.76. The summed E-state index contributed by atoms with van der Waals surface area (Å²) in [6.07, 6.45) is 1.33. The van der Waals surface area contributed by atoms with Gasteiger partial charge in [0.15, 0.2) is 0 Å². The second-order valence-corrected chi connectivity index (χ2v) is 3.89. The number of aromatic amines is 1. The zero-order chi connectivity index (χ0) is 10.1. The van der Waals surface area contributed by atoms with E-state index in [2.05, 4.69) is 22.2 Å². The molecule has 0 aromatic carbocycles. The number of imidazole rings is 1. The standard InChI is InChI=1S/C10H17N3O/c1-6-7(2)13-10(12-6)9-4-8(14-3)5-11-9/h8-9,11H,4-5H2,1-3H3,(H,12,13)/t8-,9+/m1/s1. The molecule has 0 saturated carbocycles.